The number of benzene rings is 1. The van der Waals surface area contributed by atoms with Crippen LogP contribution in [-0.4, -0.2) is 11.4 Å². The number of fused-ring (bicyclic) bond motifs is 3. The molecule has 1 aliphatic carbocycles. The highest BCUT2D eigenvalue weighted by atomic mass is 16.2. The second kappa shape index (κ2) is 5.26. The molecule has 0 unspecified atom stereocenters. The van der Waals surface area contributed by atoms with Gasteiger partial charge in [0.25, 0.3) is 5.91 Å². The molecule has 0 spiro atoms. The fraction of sp³-hybridized carbons (Fsp3) is 0.550. The lowest BCUT2D eigenvalue weighted by Gasteiger charge is -2.55. The average Bonchev–Trinajstić information content (AvgIpc) is 2.80. The highest BCUT2D eigenvalue weighted by Crippen LogP contribution is 2.61. The van der Waals surface area contributed by atoms with Crippen LogP contribution in [0.15, 0.2) is 36.9 Å². The predicted molar refractivity (Wildman–Crippen MR) is 92.1 cm³/mol. The summed E-state index contributed by atoms with van der Waals surface area (Å²) in [5, 5.41) is 0. The molecule has 0 bridgehead atoms. The number of rotatable bonds is 3. The first-order chi connectivity index (χ1) is 10.5. The standard InChI is InChI=1S/C20H27NO/c1-5-15(3)20-14-10-9-13-19(20,4)16-11-7-8-12-17(16)21(20)18(22)6-2/h6-8,11-12,15H,2,5,9-10,13-14H2,1,3-4H3/t15-,19+,20-/m0/s1. The molecule has 22 heavy (non-hydrogen) atoms. The Kier molecular flexibility index (Phi) is 3.66. The van der Waals surface area contributed by atoms with Gasteiger partial charge in [-0.3, -0.25) is 4.79 Å². The van der Waals surface area contributed by atoms with E-state index in [-0.39, 0.29) is 16.9 Å². The van der Waals surface area contributed by atoms with E-state index >= 15 is 0 Å². The summed E-state index contributed by atoms with van der Waals surface area (Å²) in [7, 11) is 0. The zero-order valence-corrected chi connectivity index (χ0v) is 14.1. The third-order valence-corrected chi connectivity index (χ3v) is 6.40. The summed E-state index contributed by atoms with van der Waals surface area (Å²) in [5.41, 5.74) is 2.41. The topological polar surface area (TPSA) is 20.3 Å². The number of anilines is 1. The van der Waals surface area contributed by atoms with Gasteiger partial charge in [-0.2, -0.15) is 0 Å². The molecule has 1 aromatic rings. The molecular weight excluding hydrogens is 270 g/mol. The van der Waals surface area contributed by atoms with E-state index < -0.39 is 0 Å². The van der Waals surface area contributed by atoms with Gasteiger partial charge in [-0.15, -0.1) is 0 Å². The van der Waals surface area contributed by atoms with Crippen molar-refractivity contribution < 1.29 is 4.79 Å². The molecule has 0 radical (unpaired) electrons. The van der Waals surface area contributed by atoms with Crippen molar-refractivity contribution in [1.29, 1.82) is 0 Å². The van der Waals surface area contributed by atoms with E-state index in [1.807, 2.05) is 6.07 Å². The largest absolute Gasteiger partial charge is 0.301 e. The Morgan fingerprint density at radius 1 is 1.36 bits per heavy atom. The van der Waals surface area contributed by atoms with Gasteiger partial charge in [0.2, 0.25) is 0 Å². The van der Waals surface area contributed by atoms with Crippen molar-refractivity contribution in [3.05, 3.63) is 42.5 Å². The van der Waals surface area contributed by atoms with Gasteiger partial charge in [-0.05, 0) is 36.5 Å². The van der Waals surface area contributed by atoms with Gasteiger partial charge in [0.15, 0.2) is 0 Å². The number of amides is 1. The Morgan fingerprint density at radius 3 is 2.73 bits per heavy atom. The first kappa shape index (κ1) is 15.3. The number of para-hydroxylation sites is 1. The first-order valence-corrected chi connectivity index (χ1v) is 8.59. The highest BCUT2D eigenvalue weighted by Gasteiger charge is 2.62. The maximum absolute atomic E-state index is 12.8. The minimum Gasteiger partial charge on any atom is -0.301 e. The Hall–Kier alpha value is -1.57. The van der Waals surface area contributed by atoms with E-state index in [1.54, 1.807) is 0 Å². The van der Waals surface area contributed by atoms with Gasteiger partial charge in [-0.1, -0.05) is 64.8 Å². The molecule has 3 atom stereocenters. The fourth-order valence-electron chi connectivity index (χ4n) is 5.20. The van der Waals surface area contributed by atoms with Crippen LogP contribution in [0.25, 0.3) is 0 Å². The quantitative estimate of drug-likeness (QED) is 0.731. The highest BCUT2D eigenvalue weighted by molar-refractivity contribution is 6.05. The smallest absolute Gasteiger partial charge is 0.250 e. The molecule has 1 aromatic carbocycles. The fourth-order valence-corrected chi connectivity index (χ4v) is 5.20. The monoisotopic (exact) mass is 297 g/mol. The molecule has 1 saturated carbocycles. The van der Waals surface area contributed by atoms with Crippen molar-refractivity contribution in [2.24, 2.45) is 5.92 Å². The molecule has 2 aliphatic rings. The van der Waals surface area contributed by atoms with Crippen molar-refractivity contribution >= 4 is 11.6 Å². The van der Waals surface area contributed by atoms with Crippen LogP contribution in [0.5, 0.6) is 0 Å². The molecule has 118 valence electrons. The first-order valence-electron chi connectivity index (χ1n) is 8.59. The number of carbonyl (C=O) groups excluding carboxylic acids is 1. The van der Waals surface area contributed by atoms with Crippen LogP contribution in [0.2, 0.25) is 0 Å². The van der Waals surface area contributed by atoms with Crippen molar-refractivity contribution in [3.8, 4) is 0 Å². The number of hydrogen-bond donors (Lipinski definition) is 0. The lowest BCUT2D eigenvalue weighted by atomic mass is 9.56. The summed E-state index contributed by atoms with van der Waals surface area (Å²) in [6.45, 7) is 10.7. The van der Waals surface area contributed by atoms with E-state index in [9.17, 15) is 4.79 Å². The molecule has 1 heterocycles. The van der Waals surface area contributed by atoms with Gasteiger partial charge in [0.1, 0.15) is 0 Å². The summed E-state index contributed by atoms with van der Waals surface area (Å²) in [6.07, 6.45) is 7.28. The predicted octanol–water partition coefficient (Wildman–Crippen LogP) is 4.84. The summed E-state index contributed by atoms with van der Waals surface area (Å²) >= 11 is 0. The maximum atomic E-state index is 12.8. The number of carbonyl (C=O) groups is 1. The molecular formula is C20H27NO. The van der Waals surface area contributed by atoms with E-state index in [2.05, 4.69) is 50.4 Å². The summed E-state index contributed by atoms with van der Waals surface area (Å²) in [6, 6.07) is 8.51. The molecule has 0 aromatic heterocycles. The summed E-state index contributed by atoms with van der Waals surface area (Å²) in [4.78, 5) is 14.9. The zero-order valence-electron chi connectivity index (χ0n) is 14.1. The molecule has 1 aliphatic heterocycles. The third kappa shape index (κ3) is 1.70. The van der Waals surface area contributed by atoms with Crippen LogP contribution in [0.3, 0.4) is 0 Å². The molecule has 0 saturated heterocycles. The van der Waals surface area contributed by atoms with E-state index in [4.69, 9.17) is 0 Å². The molecule has 2 heteroatoms. The van der Waals surface area contributed by atoms with E-state index in [0.717, 1.165) is 24.9 Å². The van der Waals surface area contributed by atoms with Crippen LogP contribution >= 0.6 is 0 Å². The molecule has 2 nitrogen and oxygen atoms in total. The molecule has 1 fully saturated rings. The normalized spacial score (nSPS) is 31.3. The van der Waals surface area contributed by atoms with Crippen LogP contribution in [0.1, 0.15) is 58.4 Å². The van der Waals surface area contributed by atoms with Crippen molar-refractivity contribution in [1.82, 2.24) is 0 Å². The van der Waals surface area contributed by atoms with Crippen LogP contribution in [-0.2, 0) is 10.2 Å². The Labute approximate surface area is 134 Å². The van der Waals surface area contributed by atoms with Crippen LogP contribution in [0.4, 0.5) is 5.69 Å². The van der Waals surface area contributed by atoms with E-state index in [0.29, 0.717) is 5.92 Å². The lowest BCUT2D eigenvalue weighted by molar-refractivity contribution is -0.116. The van der Waals surface area contributed by atoms with Crippen molar-refractivity contribution in [2.45, 2.75) is 63.8 Å². The van der Waals surface area contributed by atoms with Crippen LogP contribution in [0, 0.1) is 5.92 Å². The average molecular weight is 297 g/mol. The third-order valence-electron chi connectivity index (χ3n) is 6.40. The Balaban J connectivity index is 2.30. The summed E-state index contributed by atoms with van der Waals surface area (Å²) in [5.74, 6) is 0.521. The minimum atomic E-state index is -0.102. The van der Waals surface area contributed by atoms with Gasteiger partial charge < -0.3 is 4.90 Å². The zero-order chi connectivity index (χ0) is 16.0. The van der Waals surface area contributed by atoms with Gasteiger partial charge in [-0.25, -0.2) is 0 Å². The maximum Gasteiger partial charge on any atom is 0.250 e. The van der Waals surface area contributed by atoms with Gasteiger partial charge in [0.05, 0.1) is 5.54 Å². The second-order valence-corrected chi connectivity index (χ2v) is 7.17. The molecule has 1 amide bonds. The van der Waals surface area contributed by atoms with Gasteiger partial charge >= 0.3 is 0 Å². The Morgan fingerprint density at radius 2 is 2.05 bits per heavy atom. The molecule has 3 rings (SSSR count). The molecule has 0 N–H and O–H groups in total. The minimum absolute atomic E-state index is 0.0515. The number of hydrogen-bond acceptors (Lipinski definition) is 1. The van der Waals surface area contributed by atoms with Crippen molar-refractivity contribution in [2.75, 3.05) is 4.90 Å². The lowest BCUT2D eigenvalue weighted by Crippen LogP contribution is -2.63. The number of nitrogens with zero attached hydrogens (tertiary/aromatic N) is 1. The SMILES string of the molecule is C=CC(=O)N1c2ccccc2[C@@]2(C)CCCC[C@@]12[C@@H](C)CC. The summed E-state index contributed by atoms with van der Waals surface area (Å²) < 4.78 is 0. The van der Waals surface area contributed by atoms with E-state index in [1.165, 1.54) is 24.5 Å². The van der Waals surface area contributed by atoms with Crippen molar-refractivity contribution in [3.63, 3.8) is 0 Å². The Bertz CT molecular complexity index is 607. The van der Waals surface area contributed by atoms with Crippen LogP contribution < -0.4 is 4.90 Å². The second-order valence-electron chi connectivity index (χ2n) is 7.17. The van der Waals surface area contributed by atoms with Gasteiger partial charge in [0, 0.05) is 11.1 Å².